The Labute approximate surface area is 120 Å². The third-order valence-corrected chi connectivity index (χ3v) is 4.03. The molecule has 1 aromatic rings. The summed E-state index contributed by atoms with van der Waals surface area (Å²) in [5.41, 5.74) is 5.84. The molecule has 2 amide bonds. The van der Waals surface area contributed by atoms with E-state index in [1.165, 1.54) is 16.2 Å². The maximum Gasteiger partial charge on any atom is 0.274 e. The maximum absolute atomic E-state index is 12.4. The summed E-state index contributed by atoms with van der Waals surface area (Å²) < 4.78 is 5.33. The predicted molar refractivity (Wildman–Crippen MR) is 73.3 cm³/mol. The number of nitrogens with one attached hydrogen (secondary N) is 1. The molecule has 0 radical (unpaired) electrons. The molecule has 1 aliphatic heterocycles. The molecule has 20 heavy (non-hydrogen) atoms. The van der Waals surface area contributed by atoms with Gasteiger partial charge in [-0.2, -0.15) is 0 Å². The van der Waals surface area contributed by atoms with Gasteiger partial charge in [-0.1, -0.05) is 0 Å². The molecule has 1 saturated heterocycles. The van der Waals surface area contributed by atoms with Gasteiger partial charge in [-0.3, -0.25) is 9.59 Å². The molecular formula is C12H16N4O3S. The highest BCUT2D eigenvalue weighted by Gasteiger charge is 2.36. The second-order valence-corrected chi connectivity index (χ2v) is 5.83. The van der Waals surface area contributed by atoms with Crippen LogP contribution in [-0.2, 0) is 9.53 Å². The van der Waals surface area contributed by atoms with Crippen LogP contribution < -0.4 is 11.1 Å². The summed E-state index contributed by atoms with van der Waals surface area (Å²) in [6.07, 6.45) is 2.02. The largest absolute Gasteiger partial charge is 0.377 e. The van der Waals surface area contributed by atoms with Crippen LogP contribution in [0.3, 0.4) is 0 Å². The number of hydrogen-bond donors (Lipinski definition) is 2. The van der Waals surface area contributed by atoms with Crippen LogP contribution in [0, 0.1) is 0 Å². The highest BCUT2D eigenvalue weighted by Crippen LogP contribution is 2.21. The lowest BCUT2D eigenvalue weighted by molar-refractivity contribution is -0.130. The average molecular weight is 296 g/mol. The lowest BCUT2D eigenvalue weighted by Gasteiger charge is -2.34. The fourth-order valence-corrected chi connectivity index (χ4v) is 2.66. The number of nitrogens with two attached hydrogens (primary N) is 1. The predicted octanol–water partition coefficient (Wildman–Crippen LogP) is -0.155. The van der Waals surface area contributed by atoms with Gasteiger partial charge in [-0.25, -0.2) is 4.98 Å². The van der Waals surface area contributed by atoms with Crippen molar-refractivity contribution in [2.24, 2.45) is 0 Å². The van der Waals surface area contributed by atoms with Crippen LogP contribution in [0.25, 0.3) is 0 Å². The van der Waals surface area contributed by atoms with Gasteiger partial charge in [-0.15, -0.1) is 11.3 Å². The van der Waals surface area contributed by atoms with Crippen molar-refractivity contribution in [2.45, 2.75) is 24.9 Å². The van der Waals surface area contributed by atoms with Crippen molar-refractivity contribution >= 4 is 28.3 Å². The summed E-state index contributed by atoms with van der Waals surface area (Å²) in [6, 6.07) is -0.323. The minimum absolute atomic E-state index is 0.149. The average Bonchev–Trinajstić information content (AvgIpc) is 3.16. The number of ether oxygens (including phenoxy) is 1. The van der Waals surface area contributed by atoms with E-state index in [0.29, 0.717) is 24.0 Å². The Balaban J connectivity index is 1.73. The zero-order valence-corrected chi connectivity index (χ0v) is 11.7. The Kier molecular flexibility index (Phi) is 3.58. The quantitative estimate of drug-likeness (QED) is 0.808. The summed E-state index contributed by atoms with van der Waals surface area (Å²) >= 11 is 1.21. The first-order chi connectivity index (χ1) is 9.65. The van der Waals surface area contributed by atoms with E-state index in [1.807, 2.05) is 0 Å². The number of thiazole rings is 1. The molecule has 1 unspecified atom stereocenters. The number of rotatable bonds is 3. The van der Waals surface area contributed by atoms with Gasteiger partial charge in [0.2, 0.25) is 5.91 Å². The summed E-state index contributed by atoms with van der Waals surface area (Å²) in [5.74, 6) is -0.416. The van der Waals surface area contributed by atoms with E-state index < -0.39 is 6.04 Å². The van der Waals surface area contributed by atoms with Crippen LogP contribution in [0.5, 0.6) is 0 Å². The number of carbonyl (C=O) groups is 2. The maximum atomic E-state index is 12.4. The number of anilines is 1. The number of aromatic nitrogens is 1. The smallest absolute Gasteiger partial charge is 0.274 e. The van der Waals surface area contributed by atoms with Gasteiger partial charge in [0.15, 0.2) is 5.13 Å². The molecular weight excluding hydrogens is 280 g/mol. The van der Waals surface area contributed by atoms with Crippen molar-refractivity contribution in [3.63, 3.8) is 0 Å². The normalized spacial score (nSPS) is 22.6. The Morgan fingerprint density at radius 2 is 2.30 bits per heavy atom. The van der Waals surface area contributed by atoms with Crippen LogP contribution in [0.2, 0.25) is 0 Å². The van der Waals surface area contributed by atoms with Crippen molar-refractivity contribution in [3.8, 4) is 0 Å². The molecule has 1 saturated carbocycles. The molecule has 8 heteroatoms. The highest BCUT2D eigenvalue weighted by molar-refractivity contribution is 7.13. The van der Waals surface area contributed by atoms with Crippen LogP contribution in [0.4, 0.5) is 5.13 Å². The molecule has 0 bridgehead atoms. The topological polar surface area (TPSA) is 97.6 Å². The van der Waals surface area contributed by atoms with Crippen molar-refractivity contribution in [1.29, 1.82) is 0 Å². The zero-order chi connectivity index (χ0) is 14.1. The summed E-state index contributed by atoms with van der Waals surface area (Å²) in [7, 11) is 0. The number of amides is 2. The lowest BCUT2D eigenvalue weighted by atomic mass is 10.2. The van der Waals surface area contributed by atoms with Gasteiger partial charge >= 0.3 is 0 Å². The second kappa shape index (κ2) is 5.37. The molecule has 7 nitrogen and oxygen atoms in total. The van der Waals surface area contributed by atoms with Crippen molar-refractivity contribution in [2.75, 3.05) is 25.5 Å². The Hall–Kier alpha value is -1.67. The van der Waals surface area contributed by atoms with Gasteiger partial charge in [0.1, 0.15) is 11.7 Å². The van der Waals surface area contributed by atoms with Gasteiger partial charge in [0, 0.05) is 18.0 Å². The number of nitrogens with zero attached hydrogens (tertiary/aromatic N) is 2. The standard InChI is InChI=1S/C12H16N4O3S/c13-12-15-8(6-20-12)11(18)16-3-4-19-5-9(16)10(17)14-7-1-2-7/h6-7,9H,1-5H2,(H2,13,15)(H,14,17). The van der Waals surface area contributed by atoms with E-state index in [2.05, 4.69) is 10.3 Å². The molecule has 108 valence electrons. The van der Waals surface area contributed by atoms with Gasteiger partial charge in [0.25, 0.3) is 5.91 Å². The van der Waals surface area contributed by atoms with E-state index in [9.17, 15) is 9.59 Å². The first-order valence-corrected chi connectivity index (χ1v) is 7.43. The molecule has 0 aromatic carbocycles. The minimum Gasteiger partial charge on any atom is -0.377 e. The summed E-state index contributed by atoms with van der Waals surface area (Å²) in [5, 5.41) is 4.87. The Morgan fingerprint density at radius 1 is 1.50 bits per heavy atom. The van der Waals surface area contributed by atoms with E-state index in [4.69, 9.17) is 10.5 Å². The highest BCUT2D eigenvalue weighted by atomic mass is 32.1. The Morgan fingerprint density at radius 3 is 2.95 bits per heavy atom. The lowest BCUT2D eigenvalue weighted by Crippen LogP contribution is -2.56. The monoisotopic (exact) mass is 296 g/mol. The van der Waals surface area contributed by atoms with E-state index in [1.54, 1.807) is 5.38 Å². The van der Waals surface area contributed by atoms with Gasteiger partial charge < -0.3 is 20.7 Å². The first-order valence-electron chi connectivity index (χ1n) is 6.55. The van der Waals surface area contributed by atoms with E-state index in [0.717, 1.165) is 12.8 Å². The second-order valence-electron chi connectivity index (χ2n) is 4.94. The van der Waals surface area contributed by atoms with Crippen molar-refractivity contribution in [1.82, 2.24) is 15.2 Å². The molecule has 3 N–H and O–H groups in total. The molecule has 1 aliphatic carbocycles. The van der Waals surface area contributed by atoms with Crippen molar-refractivity contribution in [3.05, 3.63) is 11.1 Å². The fourth-order valence-electron chi connectivity index (χ4n) is 2.12. The number of nitrogen functional groups attached to an aromatic ring is 1. The van der Waals surface area contributed by atoms with Crippen LogP contribution >= 0.6 is 11.3 Å². The molecule has 2 aliphatic rings. The van der Waals surface area contributed by atoms with Gasteiger partial charge in [0.05, 0.1) is 13.2 Å². The van der Waals surface area contributed by atoms with E-state index >= 15 is 0 Å². The molecule has 3 rings (SSSR count). The summed E-state index contributed by atoms with van der Waals surface area (Å²) in [6.45, 7) is 1.04. The van der Waals surface area contributed by atoms with Crippen LogP contribution in [0.15, 0.2) is 5.38 Å². The first kappa shape index (κ1) is 13.3. The molecule has 1 aromatic heterocycles. The number of morpholine rings is 1. The van der Waals surface area contributed by atoms with Gasteiger partial charge in [-0.05, 0) is 12.8 Å². The van der Waals surface area contributed by atoms with Crippen molar-refractivity contribution < 1.29 is 14.3 Å². The fraction of sp³-hybridized carbons (Fsp3) is 0.583. The molecule has 2 heterocycles. The van der Waals surface area contributed by atoms with E-state index in [-0.39, 0.29) is 24.5 Å². The Bertz CT molecular complexity index is 529. The third-order valence-electron chi connectivity index (χ3n) is 3.36. The van der Waals surface area contributed by atoms with Crippen LogP contribution in [-0.4, -0.2) is 53.5 Å². The molecule has 0 spiro atoms. The zero-order valence-electron chi connectivity index (χ0n) is 10.9. The molecule has 1 atom stereocenters. The third kappa shape index (κ3) is 2.75. The summed E-state index contributed by atoms with van der Waals surface area (Å²) in [4.78, 5) is 30.1. The molecule has 2 fully saturated rings. The van der Waals surface area contributed by atoms with Crippen LogP contribution in [0.1, 0.15) is 23.3 Å². The number of carbonyl (C=O) groups excluding carboxylic acids is 2. The SMILES string of the molecule is Nc1nc(C(=O)N2CCOCC2C(=O)NC2CC2)cs1. The number of hydrogen-bond acceptors (Lipinski definition) is 6. The minimum atomic E-state index is -0.584.